The first-order valence-corrected chi connectivity index (χ1v) is 4.30. The van der Waals surface area contributed by atoms with E-state index in [4.69, 9.17) is 0 Å². The lowest BCUT2D eigenvalue weighted by molar-refractivity contribution is 0.158. The minimum absolute atomic E-state index is 0.275. The van der Waals surface area contributed by atoms with E-state index in [0.717, 1.165) is 0 Å². The molecule has 0 aromatic carbocycles. The Labute approximate surface area is 78.5 Å². The van der Waals surface area contributed by atoms with Crippen molar-refractivity contribution in [2.75, 3.05) is 7.11 Å². The highest BCUT2D eigenvalue weighted by molar-refractivity contribution is 5.68. The van der Waals surface area contributed by atoms with Crippen LogP contribution >= 0.6 is 0 Å². The lowest BCUT2D eigenvalue weighted by Gasteiger charge is -2.33. The number of carbonyl (C=O) groups is 1. The number of carbonyl (C=O) groups excluding carboxylic acids is 1. The molecular formula is C10H15NO2. The number of amides is 1. The average molecular weight is 181 g/mol. The Morgan fingerprint density at radius 3 is 2.77 bits per heavy atom. The van der Waals surface area contributed by atoms with Crippen LogP contribution < -0.4 is 5.32 Å². The molecule has 2 unspecified atom stereocenters. The number of hydrogen-bond acceptors (Lipinski definition) is 2. The molecule has 1 N–H and O–H groups in total. The van der Waals surface area contributed by atoms with Crippen LogP contribution in [0.1, 0.15) is 13.8 Å². The van der Waals surface area contributed by atoms with Crippen molar-refractivity contribution < 1.29 is 9.53 Å². The van der Waals surface area contributed by atoms with Crippen LogP contribution in [0, 0.1) is 5.92 Å². The summed E-state index contributed by atoms with van der Waals surface area (Å²) < 4.78 is 4.56. The van der Waals surface area contributed by atoms with Crippen molar-refractivity contribution in [3.8, 4) is 0 Å². The fourth-order valence-corrected chi connectivity index (χ4v) is 1.26. The number of hydrogen-bond donors (Lipinski definition) is 1. The number of alkyl carbamates (subject to hydrolysis) is 1. The molecule has 0 radical (unpaired) electrons. The summed E-state index contributed by atoms with van der Waals surface area (Å²) in [6.45, 7) is 4.02. The second kappa shape index (κ2) is 3.64. The maximum Gasteiger partial charge on any atom is 0.407 e. The second-order valence-electron chi connectivity index (χ2n) is 3.43. The fourth-order valence-electron chi connectivity index (χ4n) is 1.26. The Morgan fingerprint density at radius 1 is 1.54 bits per heavy atom. The summed E-state index contributed by atoms with van der Waals surface area (Å²) in [5.74, 6) is 0.275. The smallest absolute Gasteiger partial charge is 0.407 e. The summed E-state index contributed by atoms with van der Waals surface area (Å²) in [5, 5.41) is 2.80. The molecule has 1 rings (SSSR count). The first-order valence-electron chi connectivity index (χ1n) is 4.30. The van der Waals surface area contributed by atoms with Gasteiger partial charge in [0.1, 0.15) is 0 Å². The molecule has 0 saturated carbocycles. The Bertz CT molecular complexity index is 258. The summed E-state index contributed by atoms with van der Waals surface area (Å²) in [4.78, 5) is 11.0. The predicted molar refractivity (Wildman–Crippen MR) is 51.4 cm³/mol. The molecule has 0 aromatic heterocycles. The molecule has 0 fully saturated rings. The fraction of sp³-hybridized carbons (Fsp3) is 0.500. The van der Waals surface area contributed by atoms with Gasteiger partial charge in [-0.05, 0) is 6.92 Å². The largest absolute Gasteiger partial charge is 0.453 e. The molecule has 72 valence electrons. The van der Waals surface area contributed by atoms with Crippen LogP contribution in [0.3, 0.4) is 0 Å². The summed E-state index contributed by atoms with van der Waals surface area (Å²) in [6.07, 6.45) is 7.53. The van der Waals surface area contributed by atoms with E-state index in [1.54, 1.807) is 0 Å². The van der Waals surface area contributed by atoms with Crippen molar-refractivity contribution in [1.82, 2.24) is 5.32 Å². The molecule has 13 heavy (non-hydrogen) atoms. The third-order valence-corrected chi connectivity index (χ3v) is 2.46. The van der Waals surface area contributed by atoms with Gasteiger partial charge in [0.05, 0.1) is 12.6 Å². The normalized spacial score (nSPS) is 31.5. The zero-order valence-electron chi connectivity index (χ0n) is 8.20. The Balaban J connectivity index is 2.70. The maximum atomic E-state index is 11.0. The number of methoxy groups -OCH3 is 1. The number of rotatable bonds is 1. The van der Waals surface area contributed by atoms with Gasteiger partial charge in [-0.15, -0.1) is 0 Å². The molecule has 0 spiro atoms. The number of allylic oxidation sites excluding steroid dienone is 2. The van der Waals surface area contributed by atoms with Crippen LogP contribution in [0.4, 0.5) is 4.79 Å². The second-order valence-corrected chi connectivity index (χ2v) is 3.43. The van der Waals surface area contributed by atoms with Gasteiger partial charge in [0.15, 0.2) is 0 Å². The van der Waals surface area contributed by atoms with E-state index in [1.165, 1.54) is 7.11 Å². The van der Waals surface area contributed by atoms with Crippen LogP contribution in [0.15, 0.2) is 24.3 Å². The molecule has 0 saturated heterocycles. The quantitative estimate of drug-likeness (QED) is 0.670. The Kier molecular flexibility index (Phi) is 2.76. The lowest BCUT2D eigenvalue weighted by Crippen LogP contribution is -2.49. The highest BCUT2D eigenvalue weighted by atomic mass is 16.5. The van der Waals surface area contributed by atoms with E-state index in [2.05, 4.69) is 23.1 Å². The van der Waals surface area contributed by atoms with E-state index in [-0.39, 0.29) is 11.5 Å². The van der Waals surface area contributed by atoms with E-state index >= 15 is 0 Å². The molecular weight excluding hydrogens is 166 g/mol. The van der Waals surface area contributed by atoms with Crippen LogP contribution in [-0.2, 0) is 4.74 Å². The van der Waals surface area contributed by atoms with Gasteiger partial charge in [-0.3, -0.25) is 0 Å². The minimum Gasteiger partial charge on any atom is -0.453 e. The van der Waals surface area contributed by atoms with Gasteiger partial charge < -0.3 is 10.1 Å². The topological polar surface area (TPSA) is 38.3 Å². The molecule has 1 aliphatic carbocycles. The zero-order chi connectivity index (χ0) is 9.90. The molecule has 0 aliphatic heterocycles. The summed E-state index contributed by atoms with van der Waals surface area (Å²) in [5.41, 5.74) is -0.332. The molecule has 2 atom stereocenters. The first kappa shape index (κ1) is 9.84. The minimum atomic E-state index is -0.394. The van der Waals surface area contributed by atoms with Gasteiger partial charge in [0, 0.05) is 5.92 Å². The lowest BCUT2D eigenvalue weighted by atomic mass is 9.84. The number of ether oxygens (including phenoxy) is 1. The summed E-state index contributed by atoms with van der Waals surface area (Å²) in [6, 6.07) is 0. The standard InChI is InChI=1S/C10H15NO2/c1-8-6-4-5-7-10(8,2)11-9(12)13-3/h4-8H,1-3H3,(H,11,12). The van der Waals surface area contributed by atoms with Crippen molar-refractivity contribution in [2.24, 2.45) is 5.92 Å². The van der Waals surface area contributed by atoms with Crippen molar-refractivity contribution in [3.05, 3.63) is 24.3 Å². The van der Waals surface area contributed by atoms with Gasteiger partial charge in [-0.25, -0.2) is 4.79 Å². The van der Waals surface area contributed by atoms with Crippen LogP contribution in [0.2, 0.25) is 0 Å². The monoisotopic (exact) mass is 181 g/mol. The summed E-state index contributed by atoms with van der Waals surface area (Å²) >= 11 is 0. The third-order valence-electron chi connectivity index (χ3n) is 2.46. The van der Waals surface area contributed by atoms with Crippen LogP contribution in [-0.4, -0.2) is 18.7 Å². The third kappa shape index (κ3) is 2.11. The van der Waals surface area contributed by atoms with E-state index in [1.807, 2.05) is 25.2 Å². The van der Waals surface area contributed by atoms with Gasteiger partial charge >= 0.3 is 6.09 Å². The van der Waals surface area contributed by atoms with Crippen molar-refractivity contribution >= 4 is 6.09 Å². The van der Waals surface area contributed by atoms with Gasteiger partial charge in [0.25, 0.3) is 0 Å². The van der Waals surface area contributed by atoms with Crippen molar-refractivity contribution in [2.45, 2.75) is 19.4 Å². The Morgan fingerprint density at radius 2 is 2.23 bits per heavy atom. The molecule has 1 amide bonds. The first-order chi connectivity index (χ1) is 6.08. The van der Waals surface area contributed by atoms with Crippen molar-refractivity contribution in [3.63, 3.8) is 0 Å². The number of nitrogens with one attached hydrogen (secondary N) is 1. The van der Waals surface area contributed by atoms with Crippen LogP contribution in [0.25, 0.3) is 0 Å². The highest BCUT2D eigenvalue weighted by Gasteiger charge is 2.30. The SMILES string of the molecule is COC(=O)NC1(C)C=CC=CC1C. The molecule has 0 aromatic rings. The zero-order valence-corrected chi connectivity index (χ0v) is 8.20. The van der Waals surface area contributed by atoms with E-state index in [0.29, 0.717) is 0 Å². The summed E-state index contributed by atoms with van der Waals surface area (Å²) in [7, 11) is 1.37. The van der Waals surface area contributed by atoms with Gasteiger partial charge in [-0.1, -0.05) is 31.2 Å². The molecule has 3 nitrogen and oxygen atoms in total. The van der Waals surface area contributed by atoms with Crippen LogP contribution in [0.5, 0.6) is 0 Å². The van der Waals surface area contributed by atoms with Gasteiger partial charge in [0.2, 0.25) is 0 Å². The maximum absolute atomic E-state index is 11.0. The predicted octanol–water partition coefficient (Wildman–Crippen LogP) is 1.86. The molecule has 1 aliphatic rings. The van der Waals surface area contributed by atoms with Gasteiger partial charge in [-0.2, -0.15) is 0 Å². The van der Waals surface area contributed by atoms with E-state index < -0.39 is 6.09 Å². The average Bonchev–Trinajstić information content (AvgIpc) is 2.10. The van der Waals surface area contributed by atoms with E-state index in [9.17, 15) is 4.79 Å². The molecule has 0 heterocycles. The highest BCUT2D eigenvalue weighted by Crippen LogP contribution is 2.23. The molecule has 3 heteroatoms. The Hall–Kier alpha value is -1.25. The van der Waals surface area contributed by atoms with Crippen molar-refractivity contribution in [1.29, 1.82) is 0 Å². The molecule has 0 bridgehead atoms.